The molecular weight excluding hydrogens is 801 g/mol. The Morgan fingerprint density at radius 1 is 0.794 bits per heavy atom. The minimum atomic E-state index is -0.722. The standard InChI is InChI=1S/C48H60N8O7/c1-27(2)40(53-46(59)62-6)44(57)55-24-29(25-61-5)18-38(55)42-49-22-36(51-42)31-10-8-30(9-11-31)32-12-13-34-20-35(15-14-33(34)19-32)37-23-50-43(52-37)39-21-48(16-17-48)26-56(39)45(58)41(28(3)4)54-47(60)63-7/h8-15,19-20,23,27-29,36,38-41H,16-18,21-22,24-26H2,1-7H3,(H,49,51)(H,50,52)(H,53,59)(H,54,60)/t29-,36?,38-,39-,40-,41-/m0/s1. The number of amidine groups is 1. The molecule has 334 valence electrons. The quantitative estimate of drug-likeness (QED) is 0.115. The number of methoxy groups -OCH3 is 3. The van der Waals surface area contributed by atoms with Crippen LogP contribution in [-0.4, -0.2) is 115 Å². The number of hydrogen-bond acceptors (Lipinski definition) is 10. The molecule has 2 saturated heterocycles. The first kappa shape index (κ1) is 43.7. The Balaban J connectivity index is 0.933. The summed E-state index contributed by atoms with van der Waals surface area (Å²) in [5.41, 5.74) is 5.31. The van der Waals surface area contributed by atoms with Crippen molar-refractivity contribution in [2.24, 2.45) is 28.2 Å². The van der Waals surface area contributed by atoms with Crippen LogP contribution in [0.2, 0.25) is 0 Å². The molecular formula is C48H60N8O7. The molecule has 1 saturated carbocycles. The predicted octanol–water partition coefficient (Wildman–Crippen LogP) is 6.62. The van der Waals surface area contributed by atoms with Crippen LogP contribution in [0.1, 0.15) is 76.8 Å². The molecule has 15 nitrogen and oxygen atoms in total. The maximum Gasteiger partial charge on any atom is 0.407 e. The van der Waals surface area contributed by atoms with Crippen molar-refractivity contribution in [2.45, 2.75) is 83.6 Å². The first-order valence-electron chi connectivity index (χ1n) is 22.1. The van der Waals surface area contributed by atoms with Gasteiger partial charge in [0, 0.05) is 31.7 Å². The van der Waals surface area contributed by atoms with Crippen LogP contribution in [0.5, 0.6) is 0 Å². The Hall–Kier alpha value is -5.96. The van der Waals surface area contributed by atoms with E-state index in [1.54, 1.807) is 7.11 Å². The number of ether oxygens (including phenoxy) is 3. The second-order valence-corrected chi connectivity index (χ2v) is 18.5. The molecule has 4 aromatic rings. The molecule has 1 aromatic heterocycles. The number of carbonyl (C=O) groups excluding carboxylic acids is 4. The molecule has 3 aliphatic heterocycles. The van der Waals surface area contributed by atoms with Crippen LogP contribution in [-0.2, 0) is 23.8 Å². The third kappa shape index (κ3) is 9.11. The highest BCUT2D eigenvalue weighted by Gasteiger charge is 2.55. The summed E-state index contributed by atoms with van der Waals surface area (Å²) in [5, 5.41) is 11.3. The summed E-state index contributed by atoms with van der Waals surface area (Å²) >= 11 is 0. The molecule has 63 heavy (non-hydrogen) atoms. The number of H-pyrrole nitrogens is 1. The van der Waals surface area contributed by atoms with Crippen molar-refractivity contribution < 1.29 is 33.4 Å². The van der Waals surface area contributed by atoms with Crippen LogP contribution in [0.15, 0.2) is 71.9 Å². The van der Waals surface area contributed by atoms with E-state index in [2.05, 4.69) is 81.6 Å². The summed E-state index contributed by atoms with van der Waals surface area (Å²) < 4.78 is 15.1. The summed E-state index contributed by atoms with van der Waals surface area (Å²) in [4.78, 5) is 69.1. The Labute approximate surface area is 368 Å². The third-order valence-electron chi connectivity index (χ3n) is 13.4. The number of benzene rings is 3. The minimum absolute atomic E-state index is 0.0350. The second-order valence-electron chi connectivity index (χ2n) is 18.5. The number of hydrogen-bond donors (Lipinski definition) is 4. The van der Waals surface area contributed by atoms with Crippen LogP contribution in [0, 0.1) is 23.2 Å². The number of fused-ring (bicyclic) bond motifs is 1. The van der Waals surface area contributed by atoms with Crippen molar-refractivity contribution in [3.8, 4) is 22.4 Å². The van der Waals surface area contributed by atoms with Crippen molar-refractivity contribution in [3.63, 3.8) is 0 Å². The number of nitrogens with zero attached hydrogens (tertiary/aromatic N) is 4. The van der Waals surface area contributed by atoms with Gasteiger partial charge in [0.15, 0.2) is 0 Å². The summed E-state index contributed by atoms with van der Waals surface area (Å²) in [6.45, 7) is 9.92. The van der Waals surface area contributed by atoms with E-state index in [4.69, 9.17) is 24.2 Å². The predicted molar refractivity (Wildman–Crippen MR) is 240 cm³/mol. The number of aliphatic imine (C=N–C) groups is 1. The average molecular weight is 861 g/mol. The van der Waals surface area contributed by atoms with Gasteiger partial charge >= 0.3 is 12.2 Å². The Morgan fingerprint density at radius 2 is 1.40 bits per heavy atom. The van der Waals surface area contributed by atoms with Gasteiger partial charge in [-0.15, -0.1) is 0 Å². The number of imidazole rings is 1. The lowest BCUT2D eigenvalue weighted by atomic mass is 9.97. The number of aromatic amines is 1. The molecule has 1 unspecified atom stereocenters. The minimum Gasteiger partial charge on any atom is -0.453 e. The van der Waals surface area contributed by atoms with Gasteiger partial charge in [0.25, 0.3) is 0 Å². The molecule has 0 radical (unpaired) electrons. The van der Waals surface area contributed by atoms with Crippen molar-refractivity contribution in [1.82, 2.24) is 35.7 Å². The van der Waals surface area contributed by atoms with Gasteiger partial charge in [-0.05, 0) is 82.5 Å². The number of alkyl carbamates (subject to hydrolysis) is 2. The van der Waals surface area contributed by atoms with Gasteiger partial charge in [-0.25, -0.2) is 14.6 Å². The topological polar surface area (TPSA) is 180 Å². The number of amides is 4. The zero-order valence-electron chi connectivity index (χ0n) is 37.3. The maximum absolute atomic E-state index is 13.9. The molecule has 15 heteroatoms. The average Bonchev–Trinajstić information content (AvgIpc) is 3.78. The number of nitrogens with one attached hydrogen (secondary N) is 4. The van der Waals surface area contributed by atoms with Gasteiger partial charge in [-0.3, -0.25) is 14.6 Å². The molecule has 3 aromatic carbocycles. The number of carbonyl (C=O) groups is 4. The molecule has 4 amide bonds. The van der Waals surface area contributed by atoms with Crippen LogP contribution < -0.4 is 16.0 Å². The van der Waals surface area contributed by atoms with Crippen molar-refractivity contribution in [3.05, 3.63) is 78.2 Å². The molecule has 4 N–H and O–H groups in total. The molecule has 4 aliphatic rings. The van der Waals surface area contributed by atoms with E-state index in [1.807, 2.05) is 43.7 Å². The fourth-order valence-electron chi connectivity index (χ4n) is 9.61. The monoisotopic (exact) mass is 860 g/mol. The van der Waals surface area contributed by atoms with Crippen LogP contribution in [0.25, 0.3) is 33.2 Å². The summed E-state index contributed by atoms with van der Waals surface area (Å²) in [7, 11) is 4.27. The highest BCUT2D eigenvalue weighted by molar-refractivity contribution is 5.96. The van der Waals surface area contributed by atoms with E-state index >= 15 is 0 Å². The lowest BCUT2D eigenvalue weighted by Crippen LogP contribution is -2.55. The molecule has 0 bridgehead atoms. The SMILES string of the molecule is COC[C@H]1C[C@@H](C2=NCC(c3ccc(-c4ccc5cc(-c6cnc([C@@H]7CC8(CC8)CN7C(=O)[C@@H](NC(=O)OC)C(C)C)[nH]6)ccc5c4)cc3)N2)N(C(=O)[C@@H](NC(=O)OC)C(C)C)C1. The van der Waals surface area contributed by atoms with Crippen LogP contribution in [0.3, 0.4) is 0 Å². The largest absolute Gasteiger partial charge is 0.453 e. The van der Waals surface area contributed by atoms with E-state index in [1.165, 1.54) is 14.2 Å². The number of rotatable bonds is 13. The molecule has 8 rings (SSSR count). The van der Waals surface area contributed by atoms with E-state index in [0.717, 1.165) is 69.6 Å². The van der Waals surface area contributed by atoms with Gasteiger partial charge in [-0.1, -0.05) is 76.2 Å². The highest BCUT2D eigenvalue weighted by atomic mass is 16.5. The van der Waals surface area contributed by atoms with Crippen molar-refractivity contribution >= 4 is 40.6 Å². The van der Waals surface area contributed by atoms with E-state index in [0.29, 0.717) is 32.7 Å². The van der Waals surface area contributed by atoms with Crippen molar-refractivity contribution in [2.75, 3.05) is 47.6 Å². The fourth-order valence-corrected chi connectivity index (χ4v) is 9.61. The lowest BCUT2D eigenvalue weighted by molar-refractivity contribution is -0.136. The fraction of sp³-hybridized carbons (Fsp3) is 0.500. The Bertz CT molecular complexity index is 2370. The van der Waals surface area contributed by atoms with Gasteiger partial charge in [0.2, 0.25) is 11.8 Å². The zero-order chi connectivity index (χ0) is 44.6. The summed E-state index contributed by atoms with van der Waals surface area (Å²) in [6, 6.07) is 19.5. The smallest absolute Gasteiger partial charge is 0.407 e. The van der Waals surface area contributed by atoms with Gasteiger partial charge < -0.3 is 44.9 Å². The Morgan fingerprint density at radius 3 is 2.00 bits per heavy atom. The zero-order valence-corrected chi connectivity index (χ0v) is 37.3. The first-order chi connectivity index (χ1) is 30.3. The molecule has 3 fully saturated rings. The highest BCUT2D eigenvalue weighted by Crippen LogP contribution is 2.58. The third-order valence-corrected chi connectivity index (χ3v) is 13.4. The van der Waals surface area contributed by atoms with E-state index in [9.17, 15) is 19.2 Å². The van der Waals surface area contributed by atoms with E-state index in [-0.39, 0.29) is 53.1 Å². The van der Waals surface area contributed by atoms with Gasteiger partial charge in [0.1, 0.15) is 23.7 Å². The number of likely N-dealkylation sites (tertiary alicyclic amines) is 2. The number of aromatic nitrogens is 2. The first-order valence-corrected chi connectivity index (χ1v) is 22.1. The molecule has 1 spiro atoms. The van der Waals surface area contributed by atoms with Crippen molar-refractivity contribution in [1.29, 1.82) is 0 Å². The molecule has 1 aliphatic carbocycles. The van der Waals surface area contributed by atoms with Crippen LogP contribution in [0.4, 0.5) is 9.59 Å². The van der Waals surface area contributed by atoms with Gasteiger partial charge in [0.05, 0.1) is 57.4 Å². The second kappa shape index (κ2) is 18.0. The summed E-state index contributed by atoms with van der Waals surface area (Å²) in [5.74, 6) is 1.18. The van der Waals surface area contributed by atoms with E-state index < -0.39 is 24.3 Å². The maximum atomic E-state index is 13.9. The normalized spacial score (nSPS) is 22.3. The summed E-state index contributed by atoms with van der Waals surface area (Å²) in [6.07, 6.45) is 4.33. The Kier molecular flexibility index (Phi) is 12.5. The molecule has 4 heterocycles. The molecule has 6 atom stereocenters. The lowest BCUT2D eigenvalue weighted by Gasteiger charge is -2.31. The van der Waals surface area contributed by atoms with Gasteiger partial charge in [-0.2, -0.15) is 0 Å². The van der Waals surface area contributed by atoms with Crippen LogP contribution >= 0.6 is 0 Å².